The number of fused-ring (bicyclic) bond motifs is 1. The molecular weight excluding hydrogens is 477 g/mol. The van der Waals surface area contributed by atoms with Crippen molar-refractivity contribution in [2.45, 2.75) is 26.4 Å². The molecule has 4 aromatic rings. The second kappa shape index (κ2) is 9.43. The molecule has 1 aliphatic rings. The lowest BCUT2D eigenvalue weighted by atomic mass is 10.0. The number of halogens is 3. The molecule has 1 N–H and O–H groups in total. The van der Waals surface area contributed by atoms with Crippen LogP contribution in [-0.2, 0) is 12.6 Å². The lowest BCUT2D eigenvalue weighted by Gasteiger charge is -2.14. The van der Waals surface area contributed by atoms with Gasteiger partial charge in [0.2, 0.25) is 0 Å². The summed E-state index contributed by atoms with van der Waals surface area (Å²) in [5.74, 6) is 5.63. The fourth-order valence-electron chi connectivity index (χ4n) is 3.99. The van der Waals surface area contributed by atoms with Crippen molar-refractivity contribution in [3.63, 3.8) is 0 Å². The Bertz CT molecular complexity index is 1620. The molecule has 0 saturated heterocycles. The number of allylic oxidation sites excluding steroid dienone is 1. The van der Waals surface area contributed by atoms with Crippen LogP contribution >= 0.6 is 0 Å². The van der Waals surface area contributed by atoms with Crippen LogP contribution in [0, 0.1) is 25.7 Å². The van der Waals surface area contributed by atoms with Crippen molar-refractivity contribution in [2.75, 3.05) is 5.32 Å². The lowest BCUT2D eigenvalue weighted by Crippen LogP contribution is -2.14. The number of rotatable bonds is 3. The van der Waals surface area contributed by atoms with Crippen molar-refractivity contribution < 1.29 is 18.0 Å². The van der Waals surface area contributed by atoms with Crippen LogP contribution in [0.3, 0.4) is 0 Å². The van der Waals surface area contributed by atoms with Crippen molar-refractivity contribution in [1.29, 1.82) is 0 Å². The minimum absolute atomic E-state index is 0.0201. The largest absolute Gasteiger partial charge is 0.416 e. The minimum Gasteiger partial charge on any atom is -0.322 e. The lowest BCUT2D eigenvalue weighted by molar-refractivity contribution is -0.137. The highest BCUT2D eigenvalue weighted by atomic mass is 19.4. The quantitative estimate of drug-likeness (QED) is 0.346. The molecule has 0 aliphatic heterocycles. The van der Waals surface area contributed by atoms with E-state index >= 15 is 0 Å². The van der Waals surface area contributed by atoms with E-state index in [-0.39, 0.29) is 16.9 Å². The van der Waals surface area contributed by atoms with E-state index in [9.17, 15) is 18.0 Å². The first-order valence-electron chi connectivity index (χ1n) is 11.5. The van der Waals surface area contributed by atoms with E-state index in [1.807, 2.05) is 25.1 Å². The third kappa shape index (κ3) is 5.31. The van der Waals surface area contributed by atoms with Crippen molar-refractivity contribution in [3.05, 3.63) is 112 Å². The Hall–Kier alpha value is -4.64. The number of pyridine rings is 1. The van der Waals surface area contributed by atoms with Gasteiger partial charge < -0.3 is 9.88 Å². The first-order valence-corrected chi connectivity index (χ1v) is 11.5. The van der Waals surface area contributed by atoms with Crippen LogP contribution in [0.1, 0.15) is 49.6 Å². The molecule has 0 saturated carbocycles. The Kier molecular flexibility index (Phi) is 6.14. The zero-order valence-corrected chi connectivity index (χ0v) is 20.0. The van der Waals surface area contributed by atoms with Gasteiger partial charge >= 0.3 is 6.18 Å². The molecule has 2 aromatic heterocycles. The van der Waals surface area contributed by atoms with E-state index in [0.29, 0.717) is 11.3 Å². The molecule has 5 rings (SSSR count). The molecule has 0 radical (unpaired) electrons. The zero-order chi connectivity index (χ0) is 26.2. The summed E-state index contributed by atoms with van der Waals surface area (Å²) in [7, 11) is 0. The number of nitrogens with zero attached hydrogens (tertiary/aromatic N) is 3. The standard InChI is InChI=1S/C29H21F3N4O/c1-18-6-8-23(11-21(18)9-7-20-10-22-4-3-5-27(22)33-15-20)28(37)35-25-12-24(29(30,31)32)13-26(14-25)36-16-19(2)34-17-36/h3-4,6,8,10-17H,5H2,1-2H3,(H,35,37). The summed E-state index contributed by atoms with van der Waals surface area (Å²) in [6.45, 7) is 3.62. The smallest absolute Gasteiger partial charge is 0.322 e. The Labute approximate surface area is 211 Å². The number of amides is 1. The molecule has 0 spiro atoms. The highest BCUT2D eigenvalue weighted by Crippen LogP contribution is 2.33. The number of imidazole rings is 1. The molecule has 5 nitrogen and oxygen atoms in total. The number of carbonyl (C=O) groups is 1. The summed E-state index contributed by atoms with van der Waals surface area (Å²) in [5.41, 5.74) is 4.64. The first kappa shape index (κ1) is 24.1. The highest BCUT2D eigenvalue weighted by Gasteiger charge is 2.31. The predicted octanol–water partition coefficient (Wildman–Crippen LogP) is 6.12. The molecule has 0 atom stereocenters. The highest BCUT2D eigenvalue weighted by molar-refractivity contribution is 6.04. The summed E-state index contributed by atoms with van der Waals surface area (Å²) in [4.78, 5) is 21.5. The van der Waals surface area contributed by atoms with E-state index in [1.165, 1.54) is 17.0 Å². The van der Waals surface area contributed by atoms with Gasteiger partial charge in [-0.15, -0.1) is 0 Å². The van der Waals surface area contributed by atoms with Gasteiger partial charge in [0.15, 0.2) is 0 Å². The topological polar surface area (TPSA) is 59.8 Å². The summed E-state index contributed by atoms with van der Waals surface area (Å²) in [5, 5.41) is 2.60. The van der Waals surface area contributed by atoms with Gasteiger partial charge in [-0.1, -0.05) is 30.1 Å². The van der Waals surface area contributed by atoms with Crippen molar-refractivity contribution in [2.24, 2.45) is 0 Å². The minimum atomic E-state index is -4.58. The van der Waals surface area contributed by atoms with Crippen molar-refractivity contribution in [3.8, 4) is 17.5 Å². The molecular formula is C29H21F3N4O. The van der Waals surface area contributed by atoms with Crippen LogP contribution in [-0.4, -0.2) is 20.4 Å². The maximum absolute atomic E-state index is 13.6. The SMILES string of the molecule is Cc1cn(-c2cc(NC(=O)c3ccc(C)c(C#Cc4cnc5c(c4)C=CC5)c3)cc(C(F)(F)F)c2)cn1. The third-order valence-corrected chi connectivity index (χ3v) is 5.97. The number of benzene rings is 2. The Morgan fingerprint density at radius 1 is 1.05 bits per heavy atom. The molecule has 0 bridgehead atoms. The summed E-state index contributed by atoms with van der Waals surface area (Å²) >= 11 is 0. The summed E-state index contributed by atoms with van der Waals surface area (Å²) < 4.78 is 42.2. The average Bonchev–Trinajstić information content (AvgIpc) is 3.51. The predicted molar refractivity (Wildman–Crippen MR) is 135 cm³/mol. The van der Waals surface area contributed by atoms with Gasteiger partial charge in [-0.25, -0.2) is 4.98 Å². The monoisotopic (exact) mass is 498 g/mol. The van der Waals surface area contributed by atoms with E-state index in [0.717, 1.165) is 40.9 Å². The van der Waals surface area contributed by atoms with E-state index < -0.39 is 17.6 Å². The van der Waals surface area contributed by atoms with Gasteiger partial charge in [0.05, 0.1) is 23.3 Å². The van der Waals surface area contributed by atoms with Gasteiger partial charge in [0, 0.05) is 46.9 Å². The molecule has 0 fully saturated rings. The maximum atomic E-state index is 13.6. The van der Waals surface area contributed by atoms with Crippen LogP contribution in [0.25, 0.3) is 11.8 Å². The number of hydrogen-bond acceptors (Lipinski definition) is 3. The van der Waals surface area contributed by atoms with Crippen LogP contribution in [0.15, 0.2) is 67.3 Å². The third-order valence-electron chi connectivity index (χ3n) is 5.97. The van der Waals surface area contributed by atoms with Crippen molar-refractivity contribution in [1.82, 2.24) is 14.5 Å². The number of carbonyl (C=O) groups excluding carboxylic acids is 1. The van der Waals surface area contributed by atoms with Crippen LogP contribution in [0.2, 0.25) is 0 Å². The average molecular weight is 499 g/mol. The molecule has 1 amide bonds. The van der Waals surface area contributed by atoms with Gasteiger partial charge in [-0.3, -0.25) is 9.78 Å². The number of anilines is 1. The van der Waals surface area contributed by atoms with Crippen LogP contribution < -0.4 is 5.32 Å². The van der Waals surface area contributed by atoms with Gasteiger partial charge in [-0.05, 0) is 61.4 Å². The van der Waals surface area contributed by atoms with Gasteiger partial charge in [-0.2, -0.15) is 13.2 Å². The maximum Gasteiger partial charge on any atom is 0.416 e. The summed E-state index contributed by atoms with van der Waals surface area (Å²) in [6, 6.07) is 10.4. The second-order valence-electron chi connectivity index (χ2n) is 8.79. The van der Waals surface area contributed by atoms with Crippen LogP contribution in [0.5, 0.6) is 0 Å². The van der Waals surface area contributed by atoms with E-state index in [1.54, 1.807) is 37.5 Å². The number of aryl methyl sites for hydroxylation is 2. The molecule has 37 heavy (non-hydrogen) atoms. The molecule has 1 aliphatic carbocycles. The van der Waals surface area contributed by atoms with Crippen LogP contribution in [0.4, 0.5) is 18.9 Å². The molecule has 0 unspecified atom stereocenters. The molecule has 2 aromatic carbocycles. The number of hydrogen-bond donors (Lipinski definition) is 1. The number of aromatic nitrogens is 3. The molecule has 8 heteroatoms. The second-order valence-corrected chi connectivity index (χ2v) is 8.79. The first-order chi connectivity index (χ1) is 17.7. The van der Waals surface area contributed by atoms with E-state index in [2.05, 4.69) is 27.1 Å². The number of nitrogens with one attached hydrogen (secondary N) is 1. The summed E-state index contributed by atoms with van der Waals surface area (Å²) in [6.07, 6.45) is 5.04. The molecule has 2 heterocycles. The zero-order valence-electron chi connectivity index (χ0n) is 20.0. The van der Waals surface area contributed by atoms with Gasteiger partial charge in [0.1, 0.15) is 0 Å². The van der Waals surface area contributed by atoms with Crippen molar-refractivity contribution >= 4 is 17.7 Å². The van der Waals surface area contributed by atoms with Gasteiger partial charge in [0.25, 0.3) is 5.91 Å². The number of alkyl halides is 3. The Balaban J connectivity index is 1.42. The normalized spacial score (nSPS) is 12.1. The fourth-order valence-corrected chi connectivity index (χ4v) is 3.99. The van der Waals surface area contributed by atoms with E-state index in [4.69, 9.17) is 0 Å². The Morgan fingerprint density at radius 2 is 1.89 bits per heavy atom. The fraction of sp³-hybridized carbons (Fsp3) is 0.138. The Morgan fingerprint density at radius 3 is 2.65 bits per heavy atom. The molecule has 184 valence electrons.